The van der Waals surface area contributed by atoms with Gasteiger partial charge in [0, 0.05) is 23.1 Å². The highest BCUT2D eigenvalue weighted by Gasteiger charge is 2.22. The van der Waals surface area contributed by atoms with E-state index in [1.807, 2.05) is 25.9 Å². The number of carbonyl (C=O) groups excluding carboxylic acids is 2. The highest BCUT2D eigenvalue weighted by atomic mass is 79.9. The maximum atomic E-state index is 16.0. The van der Waals surface area contributed by atoms with Crippen LogP contribution in [0.5, 0.6) is 5.75 Å². The molecule has 1 N–H and O–H groups in total. The van der Waals surface area contributed by atoms with E-state index in [1.54, 1.807) is 57.4 Å². The molecule has 12 heteroatoms. The largest absolute Gasteiger partial charge is 0.489 e. The van der Waals surface area contributed by atoms with Crippen molar-refractivity contribution in [1.82, 2.24) is 10.2 Å². The van der Waals surface area contributed by atoms with Crippen LogP contribution in [-0.2, 0) is 22.4 Å². The molecular formula is C29H38BrFN4O5S. The lowest BCUT2D eigenvalue weighted by Crippen LogP contribution is -2.32. The van der Waals surface area contributed by atoms with Crippen LogP contribution in [0.1, 0.15) is 44.4 Å². The summed E-state index contributed by atoms with van der Waals surface area (Å²) < 4.78 is 32.6. The van der Waals surface area contributed by atoms with Gasteiger partial charge in [-0.05, 0) is 89.0 Å². The molecule has 0 fully saturated rings. The third-order valence-corrected chi connectivity index (χ3v) is 6.86. The summed E-state index contributed by atoms with van der Waals surface area (Å²) in [5, 5.41) is 2.89. The molecule has 0 aliphatic rings. The van der Waals surface area contributed by atoms with E-state index in [9.17, 15) is 9.59 Å². The molecule has 0 spiro atoms. The van der Waals surface area contributed by atoms with Crippen molar-refractivity contribution >= 4 is 56.3 Å². The molecule has 0 aliphatic carbocycles. The molecule has 0 bridgehead atoms. The van der Waals surface area contributed by atoms with E-state index in [2.05, 4.69) is 26.2 Å². The summed E-state index contributed by atoms with van der Waals surface area (Å²) in [6.07, 6.45) is 0.931. The van der Waals surface area contributed by atoms with E-state index in [1.165, 1.54) is 7.11 Å². The quantitative estimate of drug-likeness (QED) is 0.223. The molecule has 0 aliphatic heterocycles. The van der Waals surface area contributed by atoms with Crippen molar-refractivity contribution in [3.05, 3.63) is 57.3 Å². The molecule has 9 nitrogen and oxygen atoms in total. The topological polar surface area (TPSA) is 102 Å². The first-order valence-corrected chi connectivity index (χ1v) is 14.9. The lowest BCUT2D eigenvalue weighted by atomic mass is 10.0. The molecule has 0 saturated carbocycles. The Morgan fingerprint density at radius 2 is 1.88 bits per heavy atom. The normalized spacial score (nSPS) is 12.4. The number of rotatable bonds is 10. The van der Waals surface area contributed by atoms with Crippen molar-refractivity contribution in [3.8, 4) is 5.75 Å². The van der Waals surface area contributed by atoms with Crippen molar-refractivity contribution in [2.75, 3.05) is 40.6 Å². The Morgan fingerprint density at radius 3 is 2.46 bits per heavy atom. The Kier molecular flexibility index (Phi) is 13.3. The monoisotopic (exact) mass is 652 g/mol. The summed E-state index contributed by atoms with van der Waals surface area (Å²) in [6, 6.07) is 8.59. The minimum absolute atomic E-state index is 0.0884. The number of amides is 2. The van der Waals surface area contributed by atoms with Crippen LogP contribution in [0.15, 0.2) is 44.8 Å². The molecule has 2 rings (SSSR count). The Morgan fingerprint density at radius 1 is 1.17 bits per heavy atom. The second-order valence-corrected chi connectivity index (χ2v) is 11.8. The Hall–Kier alpha value is -2.96. The molecule has 0 unspecified atom stereocenters. The number of nitrogens with zero attached hydrogens (tertiary/aromatic N) is 3. The molecule has 41 heavy (non-hydrogen) atoms. The lowest BCUT2D eigenvalue weighted by molar-refractivity contribution is 0.0523. The minimum atomic E-state index is -0.838. The van der Waals surface area contributed by atoms with Gasteiger partial charge in [0.05, 0.1) is 12.8 Å². The van der Waals surface area contributed by atoms with E-state index >= 15 is 4.39 Å². The van der Waals surface area contributed by atoms with E-state index in [-0.39, 0.29) is 35.2 Å². The smallest absolute Gasteiger partial charge is 0.434 e. The minimum Gasteiger partial charge on any atom is -0.489 e. The van der Waals surface area contributed by atoms with Crippen LogP contribution >= 0.6 is 27.7 Å². The van der Waals surface area contributed by atoms with Gasteiger partial charge in [-0.25, -0.2) is 19.0 Å². The van der Waals surface area contributed by atoms with Crippen LogP contribution < -0.4 is 10.1 Å². The van der Waals surface area contributed by atoms with Gasteiger partial charge in [-0.1, -0.05) is 22.9 Å². The van der Waals surface area contributed by atoms with Crippen molar-refractivity contribution in [3.63, 3.8) is 0 Å². The molecule has 0 radical (unpaired) electrons. The van der Waals surface area contributed by atoms with Crippen LogP contribution in [0.25, 0.3) is 0 Å². The number of benzene rings is 2. The molecule has 0 heterocycles. The third kappa shape index (κ3) is 11.1. The zero-order valence-corrected chi connectivity index (χ0v) is 27.2. The van der Waals surface area contributed by atoms with Gasteiger partial charge >= 0.3 is 12.2 Å². The van der Waals surface area contributed by atoms with Gasteiger partial charge in [0.1, 0.15) is 23.0 Å². The second-order valence-electron chi connectivity index (χ2n) is 10.1. The molecule has 0 aromatic heterocycles. The van der Waals surface area contributed by atoms with Crippen LogP contribution in [0.2, 0.25) is 0 Å². The number of aliphatic imine (C=N–C) groups is 2. The summed E-state index contributed by atoms with van der Waals surface area (Å²) in [4.78, 5) is 35.0. The fourth-order valence-electron chi connectivity index (χ4n) is 3.40. The average molecular weight is 654 g/mol. The van der Waals surface area contributed by atoms with Gasteiger partial charge in [-0.15, -0.1) is 11.8 Å². The maximum Gasteiger partial charge on any atom is 0.434 e. The van der Waals surface area contributed by atoms with E-state index in [0.717, 1.165) is 21.8 Å². The number of nitrogens with one attached hydrogen (secondary N) is 1. The summed E-state index contributed by atoms with van der Waals surface area (Å²) >= 11 is 4.64. The Labute approximate surface area is 254 Å². The first-order chi connectivity index (χ1) is 19.3. The highest BCUT2D eigenvalue weighted by molar-refractivity contribution is 9.10. The number of methoxy groups -OCH3 is 1. The number of ether oxygens (including phenoxy) is 3. The summed E-state index contributed by atoms with van der Waals surface area (Å²) in [5.74, 6) is -0.527. The van der Waals surface area contributed by atoms with Crippen LogP contribution in [0.4, 0.5) is 19.7 Å². The molecule has 2 amide bonds. The molecule has 224 valence electrons. The number of hydrogen-bond acceptors (Lipinski definition) is 8. The van der Waals surface area contributed by atoms with Gasteiger partial charge < -0.3 is 24.4 Å². The number of hydrogen-bond donors (Lipinski definition) is 1. The first-order valence-electron chi connectivity index (χ1n) is 12.9. The molecule has 0 atom stereocenters. The number of carbonyl (C=O) groups is 2. The predicted octanol–water partition coefficient (Wildman–Crippen LogP) is 6.76. The van der Waals surface area contributed by atoms with Crippen LogP contribution in [-0.4, -0.2) is 74.1 Å². The number of likely N-dealkylation sites (N-methyl/N-ethyl adjacent to an activating group) is 1. The van der Waals surface area contributed by atoms with Gasteiger partial charge in [0.15, 0.2) is 11.6 Å². The summed E-state index contributed by atoms with van der Waals surface area (Å²) in [6.45, 7) is 8.34. The average Bonchev–Trinajstić information content (AvgIpc) is 2.90. The standard InChI is InChI=1S/C29H38BrFN4O5S/c1-9-18-14-21(24(31)23(15-18)39-13-12-35(5)6)25(26(41-8)34-28(37)38-7)33-20-10-11-22(30)19(16-20)17-32-27(36)40-29(2,3)4/h10-11,14-16H,9,12-13,17H2,1-8H3,(H,32,36)/b33-25+,34-26-. The third-order valence-electron chi connectivity index (χ3n) is 5.41. The lowest BCUT2D eigenvalue weighted by Gasteiger charge is -2.20. The zero-order chi connectivity index (χ0) is 30.7. The van der Waals surface area contributed by atoms with E-state index < -0.39 is 23.6 Å². The SMILES string of the molecule is CCc1cc(OCCN(C)C)c(F)c(C(=N\c2ccc(Br)c(CNC(=O)OC(C)(C)C)c2)/C(=N/C(=O)OC)SC)c1. The molecule has 2 aromatic carbocycles. The molecular weight excluding hydrogens is 615 g/mol. The molecule has 0 saturated heterocycles. The van der Waals surface area contributed by atoms with Gasteiger partial charge in [-0.3, -0.25) is 0 Å². The van der Waals surface area contributed by atoms with Crippen molar-refractivity contribution in [1.29, 1.82) is 0 Å². The van der Waals surface area contributed by atoms with Crippen LogP contribution in [0, 0.1) is 5.82 Å². The molecule has 2 aromatic rings. The van der Waals surface area contributed by atoms with Gasteiger partial charge in [0.25, 0.3) is 0 Å². The fraction of sp³-hybridized carbons (Fsp3) is 0.448. The van der Waals surface area contributed by atoms with Crippen molar-refractivity contribution in [2.24, 2.45) is 9.98 Å². The van der Waals surface area contributed by atoms with Crippen LogP contribution in [0.3, 0.4) is 0 Å². The fourth-order valence-corrected chi connectivity index (χ4v) is 4.30. The summed E-state index contributed by atoms with van der Waals surface area (Å²) in [7, 11) is 5.03. The van der Waals surface area contributed by atoms with Crippen molar-refractivity contribution in [2.45, 2.75) is 46.3 Å². The van der Waals surface area contributed by atoms with E-state index in [0.29, 0.717) is 24.2 Å². The summed E-state index contributed by atoms with van der Waals surface area (Å²) in [5.41, 5.74) is 1.63. The number of aryl methyl sites for hydroxylation is 1. The zero-order valence-electron chi connectivity index (χ0n) is 24.8. The Bertz CT molecular complexity index is 1290. The number of alkyl carbamates (subject to hydrolysis) is 1. The van der Waals surface area contributed by atoms with Gasteiger partial charge in [-0.2, -0.15) is 4.99 Å². The Balaban J connectivity index is 2.64. The first kappa shape index (κ1) is 34.2. The highest BCUT2D eigenvalue weighted by Crippen LogP contribution is 2.29. The second kappa shape index (κ2) is 15.9. The maximum absolute atomic E-state index is 16.0. The predicted molar refractivity (Wildman–Crippen MR) is 167 cm³/mol. The number of halogens is 2. The van der Waals surface area contributed by atoms with E-state index in [4.69, 9.17) is 19.2 Å². The van der Waals surface area contributed by atoms with Crippen molar-refractivity contribution < 1.29 is 28.2 Å². The van der Waals surface area contributed by atoms with Gasteiger partial charge in [0.2, 0.25) is 0 Å². The number of thioether (sulfide) groups is 1.